The first-order valence-electron chi connectivity index (χ1n) is 7.91. The van der Waals surface area contributed by atoms with Crippen molar-refractivity contribution in [1.82, 2.24) is 5.32 Å². The molecule has 2 rings (SSSR count). The average molecular weight is 416 g/mol. The molecule has 1 heterocycles. The monoisotopic (exact) mass is 415 g/mol. The molecule has 1 aliphatic heterocycles. The summed E-state index contributed by atoms with van der Waals surface area (Å²) in [4.78, 5) is 24.6. The van der Waals surface area contributed by atoms with Gasteiger partial charge in [-0.2, -0.15) is 0 Å². The molecule has 0 bridgehead atoms. The number of amides is 1. The Bertz CT molecular complexity index is 662. The van der Waals surface area contributed by atoms with E-state index < -0.39 is 16.6 Å². The molecule has 1 aromatic carbocycles. The first kappa shape index (κ1) is 19.5. The van der Waals surface area contributed by atoms with Crippen molar-refractivity contribution in [3.63, 3.8) is 0 Å². The Hall–Kier alpha value is -1.87. The number of nitrogens with zero attached hydrogens (tertiary/aromatic N) is 2. The maximum absolute atomic E-state index is 12.0. The molecule has 0 saturated carbocycles. The Morgan fingerprint density at radius 3 is 2.76 bits per heavy atom. The number of carbonyl (C=O) groups is 1. The summed E-state index contributed by atoms with van der Waals surface area (Å²) in [6.07, 6.45) is -0.0702. The zero-order chi connectivity index (χ0) is 18.8. The number of halogens is 1. The van der Waals surface area contributed by atoms with Gasteiger partial charge >= 0.3 is 6.09 Å². The number of aliphatic hydroxyl groups excluding tert-OH is 1. The number of anilines is 1. The van der Waals surface area contributed by atoms with Crippen molar-refractivity contribution in [3.05, 3.63) is 32.8 Å². The topological polar surface area (TPSA) is 105 Å². The summed E-state index contributed by atoms with van der Waals surface area (Å²) in [5.41, 5.74) is -0.242. The summed E-state index contributed by atoms with van der Waals surface area (Å²) >= 11 is 3.32. The molecule has 8 nitrogen and oxygen atoms in total. The number of benzene rings is 1. The van der Waals surface area contributed by atoms with E-state index in [0.717, 1.165) is 0 Å². The molecule has 2 unspecified atom stereocenters. The largest absolute Gasteiger partial charge is 0.444 e. The highest BCUT2D eigenvalue weighted by atomic mass is 79.9. The maximum Gasteiger partial charge on any atom is 0.407 e. The zero-order valence-electron chi connectivity index (χ0n) is 14.4. The van der Waals surface area contributed by atoms with Crippen LogP contribution < -0.4 is 10.2 Å². The average Bonchev–Trinajstić information content (AvgIpc) is 2.87. The second kappa shape index (κ2) is 7.57. The summed E-state index contributed by atoms with van der Waals surface area (Å²) in [6.45, 7) is 5.50. The molecule has 1 saturated heterocycles. The van der Waals surface area contributed by atoms with Crippen LogP contribution in [-0.2, 0) is 4.74 Å². The molecule has 2 atom stereocenters. The minimum atomic E-state index is -0.609. The van der Waals surface area contributed by atoms with Gasteiger partial charge in [0.1, 0.15) is 11.3 Å². The van der Waals surface area contributed by atoms with Crippen molar-refractivity contribution in [1.29, 1.82) is 0 Å². The summed E-state index contributed by atoms with van der Waals surface area (Å²) < 4.78 is 5.95. The second-order valence-electron chi connectivity index (χ2n) is 6.96. The molecule has 138 valence electrons. The first-order chi connectivity index (χ1) is 11.6. The molecule has 1 aromatic rings. The van der Waals surface area contributed by atoms with Crippen molar-refractivity contribution in [2.75, 3.05) is 18.1 Å². The lowest BCUT2D eigenvalue weighted by Gasteiger charge is -2.25. The van der Waals surface area contributed by atoms with Gasteiger partial charge in [-0.25, -0.2) is 4.79 Å². The van der Waals surface area contributed by atoms with E-state index in [0.29, 0.717) is 23.1 Å². The normalized spacial score (nSPS) is 20.4. The van der Waals surface area contributed by atoms with Gasteiger partial charge in [0, 0.05) is 17.1 Å². The smallest absolute Gasteiger partial charge is 0.407 e. The summed E-state index contributed by atoms with van der Waals surface area (Å²) in [7, 11) is 0. The van der Waals surface area contributed by atoms with E-state index in [9.17, 15) is 20.0 Å². The second-order valence-corrected chi connectivity index (χ2v) is 7.87. The van der Waals surface area contributed by atoms with Crippen LogP contribution in [-0.4, -0.2) is 47.0 Å². The van der Waals surface area contributed by atoms with Crippen molar-refractivity contribution in [3.8, 4) is 0 Å². The third-order valence-corrected chi connectivity index (χ3v) is 4.28. The van der Waals surface area contributed by atoms with Gasteiger partial charge in [0.15, 0.2) is 0 Å². The van der Waals surface area contributed by atoms with Crippen LogP contribution in [0.25, 0.3) is 0 Å². The summed E-state index contributed by atoms with van der Waals surface area (Å²) in [6, 6.07) is 4.07. The van der Waals surface area contributed by atoms with Crippen LogP contribution in [0.3, 0.4) is 0 Å². The summed E-state index contributed by atoms with van der Waals surface area (Å²) in [5, 5.41) is 23.7. The number of ether oxygens (including phenoxy) is 1. The molecule has 0 radical (unpaired) electrons. The highest BCUT2D eigenvalue weighted by Crippen LogP contribution is 2.35. The Balaban J connectivity index is 2.19. The van der Waals surface area contributed by atoms with Gasteiger partial charge in [-0.3, -0.25) is 10.1 Å². The van der Waals surface area contributed by atoms with Crippen LogP contribution in [0.5, 0.6) is 0 Å². The fourth-order valence-corrected chi connectivity index (χ4v) is 3.19. The first-order valence-corrected chi connectivity index (χ1v) is 8.71. The SMILES string of the molecule is CC(C)(C)OC(=O)NC1CC(CO)N(c2cc(Br)ccc2[N+](=O)[O-])C1. The lowest BCUT2D eigenvalue weighted by atomic mass is 10.1. The van der Waals surface area contributed by atoms with Gasteiger partial charge < -0.3 is 20.1 Å². The molecule has 0 aromatic heterocycles. The van der Waals surface area contributed by atoms with Crippen LogP contribution in [0.2, 0.25) is 0 Å². The number of nitrogens with one attached hydrogen (secondary N) is 1. The number of nitro groups is 1. The standard InChI is InChI=1S/C16H22BrN3O5/c1-16(2,3)25-15(22)18-11-7-12(9-21)19(8-11)14-6-10(17)4-5-13(14)20(23)24/h4-6,11-12,21H,7-9H2,1-3H3,(H,18,22). The third-order valence-electron chi connectivity index (χ3n) is 3.79. The molecular weight excluding hydrogens is 394 g/mol. The number of alkyl carbamates (subject to hydrolysis) is 1. The van der Waals surface area contributed by atoms with Gasteiger partial charge in [-0.1, -0.05) is 15.9 Å². The number of rotatable bonds is 4. The minimum Gasteiger partial charge on any atom is -0.444 e. The lowest BCUT2D eigenvalue weighted by Crippen LogP contribution is -2.40. The van der Waals surface area contributed by atoms with E-state index in [-0.39, 0.29) is 24.4 Å². The number of carbonyl (C=O) groups excluding carboxylic acids is 1. The van der Waals surface area contributed by atoms with E-state index in [1.165, 1.54) is 6.07 Å². The van der Waals surface area contributed by atoms with Crippen molar-refractivity contribution >= 4 is 33.4 Å². The predicted molar refractivity (Wildman–Crippen MR) is 96.8 cm³/mol. The van der Waals surface area contributed by atoms with E-state index in [4.69, 9.17) is 4.74 Å². The predicted octanol–water partition coefficient (Wildman–Crippen LogP) is 2.82. The molecule has 0 spiro atoms. The Kier molecular flexibility index (Phi) is 5.89. The van der Waals surface area contributed by atoms with Crippen LogP contribution in [0.15, 0.2) is 22.7 Å². The molecule has 1 amide bonds. The third kappa shape index (κ3) is 5.05. The molecular formula is C16H22BrN3O5. The Morgan fingerprint density at radius 1 is 1.52 bits per heavy atom. The molecule has 1 fully saturated rings. The van der Waals surface area contributed by atoms with Gasteiger partial charge in [0.05, 0.1) is 23.6 Å². The maximum atomic E-state index is 12.0. The molecule has 0 aliphatic carbocycles. The Morgan fingerprint density at radius 2 is 2.20 bits per heavy atom. The lowest BCUT2D eigenvalue weighted by molar-refractivity contribution is -0.384. The quantitative estimate of drug-likeness (QED) is 0.578. The molecule has 1 aliphatic rings. The Labute approximate surface area is 154 Å². The van der Waals surface area contributed by atoms with Crippen molar-refractivity contribution in [2.24, 2.45) is 0 Å². The number of hydrogen-bond donors (Lipinski definition) is 2. The zero-order valence-corrected chi connectivity index (χ0v) is 15.9. The fraction of sp³-hybridized carbons (Fsp3) is 0.562. The van der Waals surface area contributed by atoms with E-state index >= 15 is 0 Å². The number of nitro benzene ring substituents is 1. The van der Waals surface area contributed by atoms with Crippen LogP contribution >= 0.6 is 15.9 Å². The van der Waals surface area contributed by atoms with E-state index in [2.05, 4.69) is 21.2 Å². The van der Waals surface area contributed by atoms with E-state index in [1.807, 2.05) is 0 Å². The van der Waals surface area contributed by atoms with Crippen molar-refractivity contribution < 1.29 is 19.6 Å². The molecule has 2 N–H and O–H groups in total. The molecule has 9 heteroatoms. The van der Waals surface area contributed by atoms with Crippen LogP contribution in [0, 0.1) is 10.1 Å². The number of aliphatic hydroxyl groups is 1. The van der Waals surface area contributed by atoms with Crippen molar-refractivity contribution in [2.45, 2.75) is 44.9 Å². The van der Waals surface area contributed by atoms with E-state index in [1.54, 1.807) is 37.8 Å². The van der Waals surface area contributed by atoms with Crippen LogP contribution in [0.1, 0.15) is 27.2 Å². The highest BCUT2D eigenvalue weighted by Gasteiger charge is 2.36. The fourth-order valence-electron chi connectivity index (χ4n) is 2.84. The van der Waals surface area contributed by atoms with Crippen LogP contribution in [0.4, 0.5) is 16.2 Å². The van der Waals surface area contributed by atoms with Gasteiger partial charge in [-0.05, 0) is 39.3 Å². The number of hydrogen-bond acceptors (Lipinski definition) is 6. The minimum absolute atomic E-state index is 0.0421. The van der Waals surface area contributed by atoms with Gasteiger partial charge in [0.25, 0.3) is 5.69 Å². The summed E-state index contributed by atoms with van der Waals surface area (Å²) in [5.74, 6) is 0. The molecule has 25 heavy (non-hydrogen) atoms. The highest BCUT2D eigenvalue weighted by molar-refractivity contribution is 9.10. The van der Waals surface area contributed by atoms with Gasteiger partial charge in [0.2, 0.25) is 0 Å². The van der Waals surface area contributed by atoms with Gasteiger partial charge in [-0.15, -0.1) is 0 Å².